The van der Waals surface area contributed by atoms with Crippen molar-refractivity contribution in [3.8, 4) is 11.5 Å². The molecule has 1 aromatic heterocycles. The Bertz CT molecular complexity index is 1760. The minimum Gasteiger partial charge on any atom is -0.497 e. The van der Waals surface area contributed by atoms with Gasteiger partial charge in [-0.05, 0) is 91.2 Å². The minimum absolute atomic E-state index is 0.00532. The molecule has 0 aliphatic carbocycles. The number of benzene rings is 4. The third-order valence-corrected chi connectivity index (χ3v) is 8.92. The molecule has 0 bridgehead atoms. The number of aryl methyl sites for hydroxylation is 1. The van der Waals surface area contributed by atoms with E-state index in [1.807, 2.05) is 30.5 Å². The summed E-state index contributed by atoms with van der Waals surface area (Å²) in [7, 11) is -1.88. The number of methoxy groups -OCH3 is 1. The van der Waals surface area contributed by atoms with Gasteiger partial charge in [0.2, 0.25) is 0 Å². The molecular formula is C34H31BrN2O7S. The van der Waals surface area contributed by atoms with Crippen molar-refractivity contribution in [3.05, 3.63) is 131 Å². The molecule has 1 heterocycles. The van der Waals surface area contributed by atoms with Gasteiger partial charge in [-0.25, -0.2) is 13.2 Å². The van der Waals surface area contributed by atoms with Crippen LogP contribution < -0.4 is 14.8 Å². The van der Waals surface area contributed by atoms with Crippen LogP contribution in [0.4, 0.5) is 0 Å². The molecule has 9 nitrogen and oxygen atoms in total. The highest BCUT2D eigenvalue weighted by Gasteiger charge is 2.23. The van der Waals surface area contributed by atoms with Crippen molar-refractivity contribution in [2.45, 2.75) is 24.0 Å². The second-order valence-corrected chi connectivity index (χ2v) is 12.8. The first-order chi connectivity index (χ1) is 21.6. The fourth-order valence-corrected chi connectivity index (χ4v) is 5.77. The summed E-state index contributed by atoms with van der Waals surface area (Å²) in [6, 6.07) is 31.4. The number of carbonyl (C=O) groups is 2. The monoisotopic (exact) mass is 690 g/mol. The number of ether oxygens (including phenoxy) is 2. The van der Waals surface area contributed by atoms with Crippen LogP contribution >= 0.6 is 15.9 Å². The number of hydrogen-bond donors (Lipinski definition) is 2. The predicted molar refractivity (Wildman–Crippen MR) is 175 cm³/mol. The summed E-state index contributed by atoms with van der Waals surface area (Å²) in [5.41, 5.74) is 2.19. The number of nitrogens with one attached hydrogen (secondary N) is 1. The SMILES string of the molecule is COc1ccc(C(=O)NC(Oc2ccc(CCCS(=O)(=O)c3ccc(Br)cc3)cc2)C(=O)O)cc1.c1ccc2ncccc2c1. The van der Waals surface area contributed by atoms with Crippen molar-refractivity contribution < 1.29 is 32.6 Å². The maximum absolute atomic E-state index is 12.5. The van der Waals surface area contributed by atoms with Gasteiger partial charge in [-0.15, -0.1) is 0 Å². The van der Waals surface area contributed by atoms with Crippen molar-refractivity contribution in [2.24, 2.45) is 0 Å². The fraction of sp³-hybridized carbons (Fsp3) is 0.147. The zero-order valence-corrected chi connectivity index (χ0v) is 26.7. The molecule has 0 saturated carbocycles. The number of carboxylic acid groups (broad SMARTS) is 1. The number of rotatable bonds is 11. The van der Waals surface area contributed by atoms with Crippen LogP contribution in [0.25, 0.3) is 10.9 Å². The summed E-state index contributed by atoms with van der Waals surface area (Å²) < 4.78 is 36.2. The van der Waals surface area contributed by atoms with Gasteiger partial charge in [0.25, 0.3) is 12.1 Å². The molecular weight excluding hydrogens is 660 g/mol. The second-order valence-electron chi connectivity index (χ2n) is 9.75. The maximum Gasteiger partial charge on any atom is 0.366 e. The molecule has 0 spiro atoms. The first-order valence-electron chi connectivity index (χ1n) is 13.9. The Kier molecular flexibility index (Phi) is 11.7. The lowest BCUT2D eigenvalue weighted by Gasteiger charge is -2.17. The molecule has 1 atom stereocenters. The van der Waals surface area contributed by atoms with E-state index in [9.17, 15) is 23.1 Å². The van der Waals surface area contributed by atoms with Crippen LogP contribution in [0.5, 0.6) is 11.5 Å². The molecule has 5 rings (SSSR count). The number of sulfone groups is 1. The molecule has 1 amide bonds. The van der Waals surface area contributed by atoms with E-state index in [0.717, 1.165) is 15.6 Å². The van der Waals surface area contributed by atoms with Gasteiger partial charge in [-0.2, -0.15) is 0 Å². The minimum atomic E-state index is -3.38. The lowest BCUT2D eigenvalue weighted by Crippen LogP contribution is -2.44. The highest BCUT2D eigenvalue weighted by Crippen LogP contribution is 2.19. The number of carbonyl (C=O) groups excluding carboxylic acids is 1. The van der Waals surface area contributed by atoms with Gasteiger partial charge < -0.3 is 19.9 Å². The number of carboxylic acids is 1. The number of para-hydroxylation sites is 1. The summed E-state index contributed by atoms with van der Waals surface area (Å²) in [5.74, 6) is -1.14. The van der Waals surface area contributed by atoms with E-state index in [1.54, 1.807) is 60.7 Å². The topological polar surface area (TPSA) is 132 Å². The molecule has 0 saturated heterocycles. The number of halogens is 1. The van der Waals surface area contributed by atoms with Gasteiger partial charge in [0.05, 0.1) is 23.3 Å². The first kappa shape index (κ1) is 33.2. The van der Waals surface area contributed by atoms with Crippen molar-refractivity contribution in [2.75, 3.05) is 12.9 Å². The molecule has 2 N–H and O–H groups in total. The molecule has 5 aromatic rings. The number of pyridine rings is 1. The Morgan fingerprint density at radius 2 is 1.51 bits per heavy atom. The molecule has 0 fully saturated rings. The molecule has 0 aliphatic heterocycles. The standard InChI is InChI=1S/C25H24BrNO7S.C9H7N/c1-33-20-12-6-18(7-13-20)23(28)27-24(25(29)30)34-21-10-4-17(5-11-21)3-2-16-35(31,32)22-14-8-19(26)9-15-22;1-2-6-9-8(4-1)5-3-7-10-9/h4-15,24H,2-3,16H2,1H3,(H,27,28)(H,29,30);1-7H. The van der Waals surface area contributed by atoms with Crippen LogP contribution in [-0.2, 0) is 21.1 Å². The molecule has 0 radical (unpaired) electrons. The number of aliphatic carboxylic acids is 1. The largest absolute Gasteiger partial charge is 0.497 e. The summed E-state index contributed by atoms with van der Waals surface area (Å²) >= 11 is 3.29. The smallest absolute Gasteiger partial charge is 0.366 e. The number of hydrogen-bond acceptors (Lipinski definition) is 7. The van der Waals surface area contributed by atoms with Crippen LogP contribution in [0.2, 0.25) is 0 Å². The Labute approximate surface area is 269 Å². The molecule has 232 valence electrons. The number of fused-ring (bicyclic) bond motifs is 1. The van der Waals surface area contributed by atoms with E-state index in [2.05, 4.69) is 38.4 Å². The van der Waals surface area contributed by atoms with Crippen molar-refractivity contribution >= 4 is 48.5 Å². The summed E-state index contributed by atoms with van der Waals surface area (Å²) in [4.78, 5) is 28.4. The van der Waals surface area contributed by atoms with Crippen molar-refractivity contribution in [3.63, 3.8) is 0 Å². The highest BCUT2D eigenvalue weighted by molar-refractivity contribution is 9.10. The summed E-state index contributed by atoms with van der Waals surface area (Å²) in [6.07, 6.45) is 1.16. The fourth-order valence-electron chi connectivity index (χ4n) is 4.20. The van der Waals surface area contributed by atoms with Crippen LogP contribution in [-0.4, -0.2) is 49.5 Å². The Morgan fingerprint density at radius 3 is 2.16 bits per heavy atom. The van der Waals surface area contributed by atoms with E-state index < -0.39 is 27.9 Å². The average Bonchev–Trinajstić information content (AvgIpc) is 3.05. The van der Waals surface area contributed by atoms with Gasteiger partial charge in [0.1, 0.15) is 11.5 Å². The lowest BCUT2D eigenvalue weighted by molar-refractivity contribution is -0.146. The number of nitrogens with zero attached hydrogens (tertiary/aromatic N) is 1. The molecule has 1 unspecified atom stereocenters. The van der Waals surface area contributed by atoms with Crippen LogP contribution in [0, 0.1) is 0 Å². The van der Waals surface area contributed by atoms with Crippen LogP contribution in [0.3, 0.4) is 0 Å². The van der Waals surface area contributed by atoms with Crippen LogP contribution in [0.15, 0.2) is 125 Å². The van der Waals surface area contributed by atoms with E-state index in [-0.39, 0.29) is 22.0 Å². The molecule has 11 heteroatoms. The maximum atomic E-state index is 12.5. The van der Waals surface area contributed by atoms with E-state index in [4.69, 9.17) is 9.47 Å². The zero-order valence-electron chi connectivity index (χ0n) is 24.3. The van der Waals surface area contributed by atoms with E-state index in [1.165, 1.54) is 24.6 Å². The van der Waals surface area contributed by atoms with E-state index in [0.29, 0.717) is 18.6 Å². The Balaban J connectivity index is 0.000000385. The average molecular weight is 692 g/mol. The van der Waals surface area contributed by atoms with Crippen molar-refractivity contribution in [1.82, 2.24) is 10.3 Å². The second kappa shape index (κ2) is 15.8. The van der Waals surface area contributed by atoms with Gasteiger partial charge in [-0.3, -0.25) is 9.78 Å². The highest BCUT2D eigenvalue weighted by atomic mass is 79.9. The van der Waals surface area contributed by atoms with Gasteiger partial charge >= 0.3 is 5.97 Å². The quantitative estimate of drug-likeness (QED) is 0.154. The summed E-state index contributed by atoms with van der Waals surface area (Å²) in [5, 5.41) is 13.0. The van der Waals surface area contributed by atoms with Gasteiger partial charge in [-0.1, -0.05) is 52.3 Å². The Morgan fingerprint density at radius 1 is 0.867 bits per heavy atom. The lowest BCUT2D eigenvalue weighted by atomic mass is 10.1. The van der Waals surface area contributed by atoms with Gasteiger partial charge in [0, 0.05) is 21.6 Å². The normalized spacial score (nSPS) is 11.5. The van der Waals surface area contributed by atoms with Crippen LogP contribution in [0.1, 0.15) is 22.3 Å². The number of amides is 1. The zero-order chi connectivity index (χ0) is 32.2. The molecule has 0 aliphatic rings. The number of aromatic nitrogens is 1. The molecule has 45 heavy (non-hydrogen) atoms. The van der Waals surface area contributed by atoms with Crippen molar-refractivity contribution in [1.29, 1.82) is 0 Å². The van der Waals surface area contributed by atoms with Gasteiger partial charge in [0.15, 0.2) is 9.84 Å². The third-order valence-electron chi connectivity index (χ3n) is 6.58. The Hall–Kier alpha value is -4.74. The first-order valence-corrected chi connectivity index (χ1v) is 16.3. The third kappa shape index (κ3) is 9.88. The summed E-state index contributed by atoms with van der Waals surface area (Å²) in [6.45, 7) is 0. The van der Waals surface area contributed by atoms with E-state index >= 15 is 0 Å². The predicted octanol–water partition coefficient (Wildman–Crippen LogP) is 6.32. The molecule has 4 aromatic carbocycles.